The molecular formula is C16H21N3O2. The highest BCUT2D eigenvalue weighted by Crippen LogP contribution is 2.29. The van der Waals surface area contributed by atoms with Crippen LogP contribution in [0.3, 0.4) is 0 Å². The van der Waals surface area contributed by atoms with Gasteiger partial charge in [-0.05, 0) is 30.5 Å². The highest BCUT2D eigenvalue weighted by molar-refractivity contribution is 5.43. The van der Waals surface area contributed by atoms with E-state index in [1.807, 2.05) is 29.9 Å². The molecule has 1 aromatic carbocycles. The van der Waals surface area contributed by atoms with Crippen LogP contribution in [0.5, 0.6) is 11.5 Å². The van der Waals surface area contributed by atoms with Crippen molar-refractivity contribution >= 4 is 0 Å². The fraction of sp³-hybridized carbons (Fsp3) is 0.438. The van der Waals surface area contributed by atoms with Crippen molar-refractivity contribution in [1.29, 1.82) is 0 Å². The third-order valence-electron chi connectivity index (χ3n) is 3.68. The molecule has 1 saturated carbocycles. The molecule has 1 aromatic heterocycles. The summed E-state index contributed by atoms with van der Waals surface area (Å²) in [5, 5.41) is 3.50. The Morgan fingerprint density at radius 2 is 2.19 bits per heavy atom. The van der Waals surface area contributed by atoms with Crippen LogP contribution in [0.25, 0.3) is 0 Å². The van der Waals surface area contributed by atoms with Crippen molar-refractivity contribution in [1.82, 2.24) is 14.9 Å². The zero-order chi connectivity index (χ0) is 14.7. The van der Waals surface area contributed by atoms with Gasteiger partial charge < -0.3 is 19.4 Å². The molecule has 1 fully saturated rings. The number of ether oxygens (including phenoxy) is 2. The van der Waals surface area contributed by atoms with E-state index in [1.54, 1.807) is 13.3 Å². The van der Waals surface area contributed by atoms with Crippen LogP contribution in [-0.2, 0) is 20.2 Å². The molecular weight excluding hydrogens is 266 g/mol. The van der Waals surface area contributed by atoms with Crippen LogP contribution in [0.2, 0.25) is 0 Å². The van der Waals surface area contributed by atoms with Crippen LogP contribution >= 0.6 is 0 Å². The third kappa shape index (κ3) is 3.55. The Labute approximate surface area is 124 Å². The summed E-state index contributed by atoms with van der Waals surface area (Å²) in [4.78, 5) is 4.25. The summed E-state index contributed by atoms with van der Waals surface area (Å²) in [5.41, 5.74) is 1.21. The van der Waals surface area contributed by atoms with Gasteiger partial charge in [0.15, 0.2) is 11.5 Å². The van der Waals surface area contributed by atoms with Crippen LogP contribution < -0.4 is 14.8 Å². The van der Waals surface area contributed by atoms with E-state index < -0.39 is 0 Å². The quantitative estimate of drug-likeness (QED) is 0.848. The molecule has 5 nitrogen and oxygen atoms in total. The number of hydrogen-bond donors (Lipinski definition) is 1. The number of nitrogens with zero attached hydrogens (tertiary/aromatic N) is 2. The molecule has 0 radical (unpaired) electrons. The monoisotopic (exact) mass is 287 g/mol. The second-order valence-electron chi connectivity index (χ2n) is 5.38. The number of methoxy groups -OCH3 is 1. The first-order valence-electron chi connectivity index (χ1n) is 7.25. The molecule has 0 saturated heterocycles. The first-order valence-corrected chi connectivity index (χ1v) is 7.25. The maximum absolute atomic E-state index is 5.82. The fourth-order valence-corrected chi connectivity index (χ4v) is 2.17. The van der Waals surface area contributed by atoms with Crippen molar-refractivity contribution < 1.29 is 9.47 Å². The standard InChI is InChI=1S/C16H21N3O2/c1-19-8-7-17-16(19)11-21-14-6-3-12(9-15(14)20-2)10-18-13-4-5-13/h3,6-9,13,18H,4-5,10-11H2,1-2H3. The van der Waals surface area contributed by atoms with Gasteiger partial charge in [-0.15, -0.1) is 0 Å². The largest absolute Gasteiger partial charge is 0.493 e. The van der Waals surface area contributed by atoms with E-state index in [9.17, 15) is 0 Å². The molecule has 3 rings (SSSR count). The van der Waals surface area contributed by atoms with Gasteiger partial charge in [0.05, 0.1) is 7.11 Å². The van der Waals surface area contributed by atoms with Crippen molar-refractivity contribution in [2.75, 3.05) is 7.11 Å². The molecule has 1 N–H and O–H groups in total. The van der Waals surface area contributed by atoms with Crippen molar-refractivity contribution in [2.24, 2.45) is 7.05 Å². The number of rotatable bonds is 7. The van der Waals surface area contributed by atoms with E-state index in [2.05, 4.69) is 16.4 Å². The lowest BCUT2D eigenvalue weighted by Crippen LogP contribution is -2.15. The molecule has 2 aromatic rings. The predicted molar refractivity (Wildman–Crippen MR) is 80.4 cm³/mol. The number of hydrogen-bond acceptors (Lipinski definition) is 4. The molecule has 21 heavy (non-hydrogen) atoms. The first-order chi connectivity index (χ1) is 10.3. The Bertz CT molecular complexity index is 605. The van der Waals surface area contributed by atoms with Crippen LogP contribution in [0, 0.1) is 0 Å². The van der Waals surface area contributed by atoms with Crippen LogP contribution in [0.15, 0.2) is 30.6 Å². The average molecular weight is 287 g/mol. The van der Waals surface area contributed by atoms with Gasteiger partial charge in [0, 0.05) is 32.0 Å². The first kappa shape index (κ1) is 13.9. The molecule has 1 aliphatic carbocycles. The Morgan fingerprint density at radius 1 is 1.33 bits per heavy atom. The SMILES string of the molecule is COc1cc(CNC2CC2)ccc1OCc1nccn1C. The number of imidazole rings is 1. The molecule has 5 heteroatoms. The minimum absolute atomic E-state index is 0.430. The summed E-state index contributed by atoms with van der Waals surface area (Å²) >= 11 is 0. The highest BCUT2D eigenvalue weighted by Gasteiger charge is 2.20. The number of aryl methyl sites for hydroxylation is 1. The van der Waals surface area contributed by atoms with Gasteiger partial charge in [0.2, 0.25) is 0 Å². The van der Waals surface area contributed by atoms with Gasteiger partial charge in [-0.25, -0.2) is 4.98 Å². The average Bonchev–Trinajstić information content (AvgIpc) is 3.25. The number of aromatic nitrogens is 2. The summed E-state index contributed by atoms with van der Waals surface area (Å²) in [6.07, 6.45) is 6.26. The van der Waals surface area contributed by atoms with E-state index in [4.69, 9.17) is 9.47 Å². The second kappa shape index (κ2) is 6.18. The summed E-state index contributed by atoms with van der Waals surface area (Å²) < 4.78 is 13.2. The lowest BCUT2D eigenvalue weighted by atomic mass is 10.2. The molecule has 1 aliphatic rings. The fourth-order valence-electron chi connectivity index (χ4n) is 2.17. The van der Waals surface area contributed by atoms with E-state index in [-0.39, 0.29) is 0 Å². The van der Waals surface area contributed by atoms with Gasteiger partial charge in [0.25, 0.3) is 0 Å². The van der Waals surface area contributed by atoms with Gasteiger partial charge in [-0.3, -0.25) is 0 Å². The maximum atomic E-state index is 5.82. The van der Waals surface area contributed by atoms with Crippen molar-refractivity contribution in [3.63, 3.8) is 0 Å². The van der Waals surface area contributed by atoms with E-state index >= 15 is 0 Å². The zero-order valence-corrected chi connectivity index (χ0v) is 12.5. The van der Waals surface area contributed by atoms with Crippen molar-refractivity contribution in [3.05, 3.63) is 42.0 Å². The predicted octanol–water partition coefficient (Wildman–Crippen LogP) is 2.26. The van der Waals surface area contributed by atoms with Crippen LogP contribution in [-0.4, -0.2) is 22.7 Å². The zero-order valence-electron chi connectivity index (χ0n) is 12.5. The normalized spacial score (nSPS) is 14.2. The Balaban J connectivity index is 1.64. The molecule has 0 spiro atoms. The number of nitrogens with one attached hydrogen (secondary N) is 1. The molecule has 1 heterocycles. The molecule has 0 bridgehead atoms. The molecule has 0 unspecified atom stereocenters. The minimum Gasteiger partial charge on any atom is -0.493 e. The second-order valence-corrected chi connectivity index (χ2v) is 5.38. The highest BCUT2D eigenvalue weighted by atomic mass is 16.5. The Hall–Kier alpha value is -2.01. The summed E-state index contributed by atoms with van der Waals surface area (Å²) in [5.74, 6) is 2.39. The maximum Gasteiger partial charge on any atom is 0.161 e. The summed E-state index contributed by atoms with van der Waals surface area (Å²) in [6, 6.07) is 6.77. The number of benzene rings is 1. The lowest BCUT2D eigenvalue weighted by molar-refractivity contribution is 0.273. The third-order valence-corrected chi connectivity index (χ3v) is 3.68. The molecule has 0 amide bonds. The van der Waals surface area contributed by atoms with Crippen molar-refractivity contribution in [3.8, 4) is 11.5 Å². The van der Waals surface area contributed by atoms with Gasteiger partial charge in [-0.1, -0.05) is 6.07 Å². The van der Waals surface area contributed by atoms with Crippen LogP contribution in [0.1, 0.15) is 24.2 Å². The lowest BCUT2D eigenvalue weighted by Gasteiger charge is -2.12. The molecule has 0 atom stereocenters. The van der Waals surface area contributed by atoms with Gasteiger partial charge in [-0.2, -0.15) is 0 Å². The minimum atomic E-state index is 0.430. The summed E-state index contributed by atoms with van der Waals surface area (Å²) in [7, 11) is 3.62. The van der Waals surface area contributed by atoms with Crippen LogP contribution in [0.4, 0.5) is 0 Å². The Kier molecular flexibility index (Phi) is 4.10. The van der Waals surface area contributed by atoms with E-state index in [1.165, 1.54) is 18.4 Å². The van der Waals surface area contributed by atoms with Gasteiger partial charge >= 0.3 is 0 Å². The smallest absolute Gasteiger partial charge is 0.161 e. The van der Waals surface area contributed by atoms with E-state index in [0.717, 1.165) is 23.9 Å². The van der Waals surface area contributed by atoms with Gasteiger partial charge in [0.1, 0.15) is 12.4 Å². The molecule has 0 aliphatic heterocycles. The molecule has 112 valence electrons. The van der Waals surface area contributed by atoms with Crippen molar-refractivity contribution in [2.45, 2.75) is 32.0 Å². The van der Waals surface area contributed by atoms with E-state index in [0.29, 0.717) is 12.6 Å². The summed E-state index contributed by atoms with van der Waals surface area (Å²) in [6.45, 7) is 1.31. The Morgan fingerprint density at radius 3 is 2.86 bits per heavy atom. The topological polar surface area (TPSA) is 48.3 Å².